The number of rotatable bonds is 1. The molecule has 0 unspecified atom stereocenters. The van der Waals surface area contributed by atoms with Gasteiger partial charge in [-0.15, -0.1) is 5.10 Å². The minimum atomic E-state index is 0. The minimum Gasteiger partial charge on any atom is -0.381 e. The van der Waals surface area contributed by atoms with E-state index in [4.69, 9.17) is 10.5 Å². The molecule has 0 bridgehead atoms. The number of nitrogens with zero attached hydrogens (tertiary/aromatic N) is 3. The number of ether oxygens (including phenoxy) is 1. The van der Waals surface area contributed by atoms with Gasteiger partial charge in [0.1, 0.15) is 0 Å². The zero-order valence-corrected chi connectivity index (χ0v) is 7.60. The Bertz CT molecular complexity index is 245. The van der Waals surface area contributed by atoms with Crippen molar-refractivity contribution in [2.45, 2.75) is 12.5 Å². The molecular formula is C6H12N4OS. The first-order chi connectivity index (χ1) is 5.36. The highest BCUT2D eigenvalue weighted by Crippen LogP contribution is 2.17. The van der Waals surface area contributed by atoms with Crippen molar-refractivity contribution in [1.82, 2.24) is 15.0 Å². The van der Waals surface area contributed by atoms with Crippen molar-refractivity contribution >= 4 is 19.3 Å². The first-order valence-electron chi connectivity index (χ1n) is 3.61. The third kappa shape index (κ3) is 1.70. The quantitative estimate of drug-likeness (QED) is 0.670. The fourth-order valence-corrected chi connectivity index (χ4v) is 1.20. The van der Waals surface area contributed by atoms with E-state index in [1.165, 1.54) is 0 Å². The van der Waals surface area contributed by atoms with Crippen molar-refractivity contribution in [1.29, 1.82) is 0 Å². The summed E-state index contributed by atoms with van der Waals surface area (Å²) in [5.74, 6) is 0.469. The molecule has 5 nitrogen and oxygen atoms in total. The molecule has 0 aliphatic carbocycles. The molecule has 2 heterocycles. The van der Waals surface area contributed by atoms with Gasteiger partial charge in [-0.1, -0.05) is 5.21 Å². The second kappa shape index (κ2) is 3.77. The molecule has 6 heteroatoms. The molecule has 0 radical (unpaired) electrons. The molecule has 68 valence electrons. The molecule has 1 aliphatic heterocycles. The normalized spacial score (nSPS) is 22.2. The number of nitrogens with two attached hydrogens (primary N) is 1. The van der Waals surface area contributed by atoms with Gasteiger partial charge in [0.2, 0.25) is 0 Å². The van der Waals surface area contributed by atoms with Crippen LogP contribution < -0.4 is 5.73 Å². The predicted molar refractivity (Wildman–Crippen MR) is 49.3 cm³/mol. The molecule has 0 spiro atoms. The fraction of sp³-hybridized carbons (Fsp3) is 0.667. The molecule has 0 saturated carbocycles. The van der Waals surface area contributed by atoms with Crippen LogP contribution in [0.1, 0.15) is 12.5 Å². The fourth-order valence-electron chi connectivity index (χ4n) is 1.20. The first kappa shape index (κ1) is 9.34. The molecule has 1 atom stereocenters. The lowest BCUT2D eigenvalue weighted by atomic mass is 10.3. The Morgan fingerprint density at radius 2 is 2.50 bits per heavy atom. The van der Waals surface area contributed by atoms with E-state index in [2.05, 4.69) is 10.3 Å². The van der Waals surface area contributed by atoms with Crippen molar-refractivity contribution < 1.29 is 4.74 Å². The average molecular weight is 188 g/mol. The van der Waals surface area contributed by atoms with Crippen molar-refractivity contribution in [3.63, 3.8) is 0 Å². The van der Waals surface area contributed by atoms with Gasteiger partial charge < -0.3 is 10.5 Å². The van der Waals surface area contributed by atoms with Gasteiger partial charge in [0.15, 0.2) is 5.82 Å². The molecule has 1 aromatic heterocycles. The van der Waals surface area contributed by atoms with E-state index in [0.717, 1.165) is 19.6 Å². The lowest BCUT2D eigenvalue weighted by molar-refractivity contribution is 0.184. The minimum absolute atomic E-state index is 0. The van der Waals surface area contributed by atoms with Crippen molar-refractivity contribution in [3.05, 3.63) is 6.20 Å². The molecule has 2 N–H and O–H groups in total. The van der Waals surface area contributed by atoms with E-state index in [-0.39, 0.29) is 13.5 Å². The molecule has 2 rings (SSSR count). The third-order valence-electron chi connectivity index (χ3n) is 1.81. The van der Waals surface area contributed by atoms with Crippen LogP contribution in [-0.4, -0.2) is 28.2 Å². The van der Waals surface area contributed by atoms with Crippen LogP contribution in [0.15, 0.2) is 6.20 Å². The van der Waals surface area contributed by atoms with Crippen LogP contribution in [0.3, 0.4) is 0 Å². The Kier molecular flexibility index (Phi) is 2.93. The standard InChI is InChI=1S/C6H10N4O.H2S/c7-6-3-10(9-8-6)5-1-2-11-4-5;/h3,5H,1-2,4,7H2;1H2/t5-;/m0./s1. The Morgan fingerprint density at radius 1 is 1.67 bits per heavy atom. The molecule has 1 fully saturated rings. The largest absolute Gasteiger partial charge is 0.381 e. The summed E-state index contributed by atoms with van der Waals surface area (Å²) in [6.45, 7) is 1.53. The van der Waals surface area contributed by atoms with E-state index >= 15 is 0 Å². The predicted octanol–water partition coefficient (Wildman–Crippen LogP) is -0.0655. The van der Waals surface area contributed by atoms with Gasteiger partial charge in [-0.25, -0.2) is 4.68 Å². The van der Waals surface area contributed by atoms with Crippen molar-refractivity contribution in [3.8, 4) is 0 Å². The summed E-state index contributed by atoms with van der Waals surface area (Å²) in [5, 5.41) is 7.56. The highest BCUT2D eigenvalue weighted by Gasteiger charge is 2.18. The van der Waals surface area contributed by atoms with E-state index in [9.17, 15) is 0 Å². The zero-order chi connectivity index (χ0) is 7.68. The third-order valence-corrected chi connectivity index (χ3v) is 1.81. The average Bonchev–Trinajstić information content (AvgIpc) is 2.55. The summed E-state index contributed by atoms with van der Waals surface area (Å²) in [5.41, 5.74) is 5.41. The monoisotopic (exact) mass is 188 g/mol. The second-order valence-electron chi connectivity index (χ2n) is 2.64. The van der Waals surface area contributed by atoms with Crippen LogP contribution in [0.4, 0.5) is 5.82 Å². The van der Waals surface area contributed by atoms with Gasteiger partial charge in [0, 0.05) is 6.61 Å². The summed E-state index contributed by atoms with van der Waals surface area (Å²) < 4.78 is 6.96. The SMILES string of the molecule is Nc1cn([C@H]2CCOC2)nn1.S. The maximum Gasteiger partial charge on any atom is 0.165 e. The first-order valence-corrected chi connectivity index (χ1v) is 3.61. The van der Waals surface area contributed by atoms with Crippen molar-refractivity contribution in [2.24, 2.45) is 0 Å². The summed E-state index contributed by atoms with van der Waals surface area (Å²) in [6.07, 6.45) is 2.74. The van der Waals surface area contributed by atoms with E-state index < -0.39 is 0 Å². The maximum absolute atomic E-state index is 5.41. The Hall–Kier alpha value is -0.750. The van der Waals surface area contributed by atoms with E-state index in [0.29, 0.717) is 11.9 Å². The molecule has 12 heavy (non-hydrogen) atoms. The summed E-state index contributed by atoms with van der Waals surface area (Å²) >= 11 is 0. The molecular weight excluding hydrogens is 176 g/mol. The lowest BCUT2D eigenvalue weighted by Gasteiger charge is -2.04. The van der Waals surface area contributed by atoms with Gasteiger partial charge in [-0.3, -0.25) is 0 Å². The van der Waals surface area contributed by atoms with Gasteiger partial charge in [0.05, 0.1) is 18.8 Å². The zero-order valence-electron chi connectivity index (χ0n) is 6.60. The van der Waals surface area contributed by atoms with Crippen LogP contribution in [0.25, 0.3) is 0 Å². The van der Waals surface area contributed by atoms with Crippen molar-refractivity contribution in [2.75, 3.05) is 18.9 Å². The molecule has 0 amide bonds. The van der Waals surface area contributed by atoms with E-state index in [1.807, 2.05) is 0 Å². The summed E-state index contributed by atoms with van der Waals surface area (Å²) in [7, 11) is 0. The van der Waals surface area contributed by atoms with Crippen LogP contribution in [0.2, 0.25) is 0 Å². The molecule has 1 saturated heterocycles. The summed E-state index contributed by atoms with van der Waals surface area (Å²) in [6, 6.07) is 0.333. The second-order valence-corrected chi connectivity index (χ2v) is 2.64. The topological polar surface area (TPSA) is 66.0 Å². The van der Waals surface area contributed by atoms with Crippen LogP contribution >= 0.6 is 13.5 Å². The van der Waals surface area contributed by atoms with Crippen LogP contribution in [0, 0.1) is 0 Å². The Morgan fingerprint density at radius 3 is 3.00 bits per heavy atom. The number of hydrogen-bond acceptors (Lipinski definition) is 4. The smallest absolute Gasteiger partial charge is 0.165 e. The Balaban J connectivity index is 0.000000720. The number of hydrogen-bond donors (Lipinski definition) is 1. The lowest BCUT2D eigenvalue weighted by Crippen LogP contribution is -2.08. The molecule has 0 aromatic carbocycles. The number of nitrogen functional groups attached to an aromatic ring is 1. The number of anilines is 1. The van der Waals surface area contributed by atoms with Gasteiger partial charge in [-0.2, -0.15) is 13.5 Å². The molecule has 1 aliphatic rings. The summed E-state index contributed by atoms with van der Waals surface area (Å²) in [4.78, 5) is 0. The Labute approximate surface area is 77.3 Å². The van der Waals surface area contributed by atoms with E-state index in [1.54, 1.807) is 10.9 Å². The highest BCUT2D eigenvalue weighted by molar-refractivity contribution is 7.59. The maximum atomic E-state index is 5.41. The van der Waals surface area contributed by atoms with Gasteiger partial charge in [-0.05, 0) is 6.42 Å². The van der Waals surface area contributed by atoms with Gasteiger partial charge >= 0.3 is 0 Å². The van der Waals surface area contributed by atoms with Crippen LogP contribution in [-0.2, 0) is 4.74 Å². The molecule has 1 aromatic rings. The number of aromatic nitrogens is 3. The van der Waals surface area contributed by atoms with Gasteiger partial charge in [0.25, 0.3) is 0 Å². The highest BCUT2D eigenvalue weighted by atomic mass is 32.1. The van der Waals surface area contributed by atoms with Crippen LogP contribution in [0.5, 0.6) is 0 Å².